The van der Waals surface area contributed by atoms with Gasteiger partial charge in [0.25, 0.3) is 5.91 Å². The van der Waals surface area contributed by atoms with E-state index in [0.717, 1.165) is 12.1 Å². The third-order valence-electron chi connectivity index (χ3n) is 5.35. The summed E-state index contributed by atoms with van der Waals surface area (Å²) in [6.45, 7) is 5.36. The van der Waals surface area contributed by atoms with Crippen molar-refractivity contribution in [1.29, 1.82) is 0 Å². The van der Waals surface area contributed by atoms with Gasteiger partial charge in [-0.1, -0.05) is 6.92 Å². The summed E-state index contributed by atoms with van der Waals surface area (Å²) in [6.07, 6.45) is 2.71. The Balaban J connectivity index is 2.19. The smallest absolute Gasteiger partial charge is 0.254 e. The number of rotatable bonds is 11. The van der Waals surface area contributed by atoms with Crippen molar-refractivity contribution in [3.63, 3.8) is 0 Å². The lowest BCUT2D eigenvalue weighted by atomic mass is 10.1. The van der Waals surface area contributed by atoms with E-state index in [1.807, 2.05) is 43.8 Å². The largest absolute Gasteiger partial charge is 0.497 e. The summed E-state index contributed by atoms with van der Waals surface area (Å²) in [4.78, 5) is 29.8. The first-order valence-electron chi connectivity index (χ1n) is 10.2. The number of ether oxygens (including phenoxy) is 2. The molecular formula is C23H33N3O4. The van der Waals surface area contributed by atoms with Gasteiger partial charge in [-0.15, -0.1) is 0 Å². The van der Waals surface area contributed by atoms with E-state index in [0.29, 0.717) is 31.0 Å². The molecule has 0 aliphatic carbocycles. The predicted molar refractivity (Wildman–Crippen MR) is 116 cm³/mol. The highest BCUT2D eigenvalue weighted by Gasteiger charge is 2.26. The van der Waals surface area contributed by atoms with Gasteiger partial charge in [-0.3, -0.25) is 9.59 Å². The molecule has 0 bridgehead atoms. The van der Waals surface area contributed by atoms with Crippen molar-refractivity contribution < 1.29 is 19.1 Å². The van der Waals surface area contributed by atoms with Crippen LogP contribution in [0.15, 0.2) is 42.6 Å². The van der Waals surface area contributed by atoms with Crippen LogP contribution in [0.25, 0.3) is 0 Å². The maximum atomic E-state index is 13.2. The van der Waals surface area contributed by atoms with Crippen molar-refractivity contribution >= 4 is 11.8 Å². The Bertz CT molecular complexity index is 816. The third kappa shape index (κ3) is 6.10. The molecule has 2 aromatic rings. The normalized spacial score (nSPS) is 11.8. The second-order valence-corrected chi connectivity index (χ2v) is 7.34. The van der Waals surface area contributed by atoms with E-state index < -0.39 is 0 Å². The molecule has 2 amide bonds. The zero-order chi connectivity index (χ0) is 22.1. The molecule has 164 valence electrons. The van der Waals surface area contributed by atoms with E-state index in [1.54, 1.807) is 48.3 Å². The Morgan fingerprint density at radius 3 is 2.37 bits per heavy atom. The fourth-order valence-electron chi connectivity index (χ4n) is 3.14. The minimum absolute atomic E-state index is 0.0218. The zero-order valence-corrected chi connectivity index (χ0v) is 18.6. The number of benzene rings is 1. The van der Waals surface area contributed by atoms with E-state index in [9.17, 15) is 9.59 Å². The van der Waals surface area contributed by atoms with Crippen molar-refractivity contribution in [2.75, 3.05) is 33.9 Å². The van der Waals surface area contributed by atoms with E-state index in [1.165, 1.54) is 0 Å². The van der Waals surface area contributed by atoms with Crippen LogP contribution in [0.2, 0.25) is 0 Å². The summed E-state index contributed by atoms with van der Waals surface area (Å²) in [7, 11) is 5.15. The molecule has 0 radical (unpaired) electrons. The number of carbonyl (C=O) groups is 2. The summed E-state index contributed by atoms with van der Waals surface area (Å²) in [5, 5.41) is 0. The Kier molecular flexibility index (Phi) is 8.92. The third-order valence-corrected chi connectivity index (χ3v) is 5.35. The summed E-state index contributed by atoms with van der Waals surface area (Å²) >= 11 is 0. The molecule has 0 N–H and O–H groups in total. The maximum Gasteiger partial charge on any atom is 0.254 e. The lowest BCUT2D eigenvalue weighted by Crippen LogP contribution is -2.47. The zero-order valence-electron chi connectivity index (χ0n) is 18.6. The molecule has 0 fully saturated rings. The van der Waals surface area contributed by atoms with Gasteiger partial charge in [-0.2, -0.15) is 0 Å². The first kappa shape index (κ1) is 23.5. The first-order chi connectivity index (χ1) is 14.4. The highest BCUT2D eigenvalue weighted by molar-refractivity contribution is 5.96. The summed E-state index contributed by atoms with van der Waals surface area (Å²) in [6, 6.07) is 10.8. The van der Waals surface area contributed by atoms with Crippen LogP contribution in [-0.4, -0.2) is 66.1 Å². The minimum Gasteiger partial charge on any atom is -0.497 e. The second kappa shape index (κ2) is 11.4. The number of aryl methyl sites for hydroxylation is 1. The molecule has 1 aromatic heterocycles. The van der Waals surface area contributed by atoms with Gasteiger partial charge < -0.3 is 23.8 Å². The molecule has 7 heteroatoms. The summed E-state index contributed by atoms with van der Waals surface area (Å²) < 4.78 is 12.4. The fraction of sp³-hybridized carbons (Fsp3) is 0.478. The minimum atomic E-state index is -0.161. The Morgan fingerprint density at radius 2 is 1.83 bits per heavy atom. The number of hydrogen-bond donors (Lipinski definition) is 0. The van der Waals surface area contributed by atoms with Gasteiger partial charge in [0, 0.05) is 44.2 Å². The van der Waals surface area contributed by atoms with Gasteiger partial charge in [0.15, 0.2) is 0 Å². The van der Waals surface area contributed by atoms with Crippen molar-refractivity contribution in [2.45, 2.75) is 32.9 Å². The van der Waals surface area contributed by atoms with Crippen LogP contribution < -0.4 is 4.74 Å². The van der Waals surface area contributed by atoms with Crippen LogP contribution in [0.1, 0.15) is 36.3 Å². The van der Waals surface area contributed by atoms with Crippen molar-refractivity contribution in [3.05, 3.63) is 53.9 Å². The number of amides is 2. The molecule has 0 saturated carbocycles. The van der Waals surface area contributed by atoms with Crippen LogP contribution in [0.5, 0.6) is 5.75 Å². The quantitative estimate of drug-likeness (QED) is 0.566. The molecule has 0 spiro atoms. The van der Waals surface area contributed by atoms with Crippen LogP contribution in [0.3, 0.4) is 0 Å². The molecule has 0 saturated heterocycles. The molecule has 0 unspecified atom stereocenters. The van der Waals surface area contributed by atoms with Crippen LogP contribution in [0.4, 0.5) is 0 Å². The van der Waals surface area contributed by atoms with Crippen molar-refractivity contribution in [3.8, 4) is 5.75 Å². The maximum absolute atomic E-state index is 13.2. The highest BCUT2D eigenvalue weighted by Crippen LogP contribution is 2.16. The molecule has 7 nitrogen and oxygen atoms in total. The Hall–Kier alpha value is -2.80. The molecule has 0 aliphatic heterocycles. The molecule has 30 heavy (non-hydrogen) atoms. The Labute approximate surface area is 179 Å². The van der Waals surface area contributed by atoms with Gasteiger partial charge in [0.05, 0.1) is 20.3 Å². The molecule has 1 heterocycles. The molecule has 0 aliphatic rings. The predicted octanol–water partition coefficient (Wildman–Crippen LogP) is 2.95. The van der Waals surface area contributed by atoms with Crippen LogP contribution in [0, 0.1) is 0 Å². The number of nitrogens with zero attached hydrogens (tertiary/aromatic N) is 3. The van der Waals surface area contributed by atoms with Crippen LogP contribution >= 0.6 is 0 Å². The molecule has 1 aromatic carbocycles. The van der Waals surface area contributed by atoms with Gasteiger partial charge in [-0.05, 0) is 49.7 Å². The lowest BCUT2D eigenvalue weighted by Gasteiger charge is -2.31. The fourth-order valence-corrected chi connectivity index (χ4v) is 3.14. The lowest BCUT2D eigenvalue weighted by molar-refractivity contribution is -0.133. The number of hydrogen-bond acceptors (Lipinski definition) is 4. The number of methoxy groups -OCH3 is 2. The van der Waals surface area contributed by atoms with Gasteiger partial charge >= 0.3 is 0 Å². The summed E-state index contributed by atoms with van der Waals surface area (Å²) in [5.41, 5.74) is 1.56. The average molecular weight is 416 g/mol. The monoisotopic (exact) mass is 415 g/mol. The number of carbonyl (C=O) groups excluding carboxylic acids is 2. The summed E-state index contributed by atoms with van der Waals surface area (Å²) in [5.74, 6) is 0.423. The highest BCUT2D eigenvalue weighted by atomic mass is 16.5. The second-order valence-electron chi connectivity index (χ2n) is 7.34. The standard InChI is InChI=1S/C23H33N3O4/c1-6-18(2)26(23(28)19-9-11-21(30-5)12-10-19)17-22(27)25(14-15-29-4)16-20-8-7-13-24(20)3/h7-13,18H,6,14-17H2,1-5H3/t18-/m0/s1. The van der Waals surface area contributed by atoms with E-state index in [-0.39, 0.29) is 24.4 Å². The Morgan fingerprint density at radius 1 is 1.13 bits per heavy atom. The van der Waals surface area contributed by atoms with Gasteiger partial charge in [0.1, 0.15) is 12.3 Å². The van der Waals surface area contributed by atoms with Gasteiger partial charge in [0.2, 0.25) is 5.91 Å². The molecule has 2 rings (SSSR count). The number of aromatic nitrogens is 1. The van der Waals surface area contributed by atoms with Crippen LogP contribution in [-0.2, 0) is 23.1 Å². The van der Waals surface area contributed by atoms with E-state index in [4.69, 9.17) is 9.47 Å². The molecular weight excluding hydrogens is 382 g/mol. The van der Waals surface area contributed by atoms with E-state index in [2.05, 4.69) is 0 Å². The van der Waals surface area contributed by atoms with Gasteiger partial charge in [-0.25, -0.2) is 0 Å². The first-order valence-corrected chi connectivity index (χ1v) is 10.2. The van der Waals surface area contributed by atoms with Crippen molar-refractivity contribution in [2.24, 2.45) is 7.05 Å². The topological polar surface area (TPSA) is 64.0 Å². The van der Waals surface area contributed by atoms with Crippen molar-refractivity contribution in [1.82, 2.24) is 14.4 Å². The SMILES string of the molecule is CC[C@H](C)N(CC(=O)N(CCOC)Cc1cccn1C)C(=O)c1ccc(OC)cc1. The average Bonchev–Trinajstić information content (AvgIpc) is 3.18. The van der Waals surface area contributed by atoms with E-state index >= 15 is 0 Å². The molecule has 1 atom stereocenters.